The lowest BCUT2D eigenvalue weighted by atomic mass is 10.2. The molecule has 0 atom stereocenters. The van der Waals surface area contributed by atoms with Gasteiger partial charge in [0.2, 0.25) is 10.0 Å². The van der Waals surface area contributed by atoms with Gasteiger partial charge in [0.05, 0.1) is 12.4 Å². The number of hydrogen-bond donors (Lipinski definition) is 0. The van der Waals surface area contributed by atoms with Crippen LogP contribution in [0.2, 0.25) is 0 Å². The third-order valence-corrected chi connectivity index (χ3v) is 4.79. The van der Waals surface area contributed by atoms with Crippen LogP contribution in [0.3, 0.4) is 0 Å². The summed E-state index contributed by atoms with van der Waals surface area (Å²) in [4.78, 5) is 11.5. The van der Waals surface area contributed by atoms with E-state index in [2.05, 4.69) is 0 Å². The predicted molar refractivity (Wildman–Crippen MR) is 82.4 cm³/mol. The molecule has 0 heterocycles. The summed E-state index contributed by atoms with van der Waals surface area (Å²) in [6.45, 7) is 3.95. The second kappa shape index (κ2) is 8.79. The van der Waals surface area contributed by atoms with Crippen LogP contribution in [0.15, 0.2) is 30.3 Å². The van der Waals surface area contributed by atoms with Crippen molar-refractivity contribution in [1.82, 2.24) is 4.31 Å². The van der Waals surface area contributed by atoms with E-state index in [0.29, 0.717) is 19.4 Å². The van der Waals surface area contributed by atoms with E-state index < -0.39 is 16.0 Å². The molecule has 0 fully saturated rings. The average molecular weight is 313 g/mol. The second-order valence-electron chi connectivity index (χ2n) is 4.69. The van der Waals surface area contributed by atoms with Crippen LogP contribution in [0.5, 0.6) is 0 Å². The molecule has 0 N–H and O–H groups in total. The highest BCUT2D eigenvalue weighted by molar-refractivity contribution is 7.89. The van der Waals surface area contributed by atoms with Gasteiger partial charge in [-0.3, -0.25) is 4.79 Å². The number of sulfonamides is 1. The third kappa shape index (κ3) is 6.27. The van der Waals surface area contributed by atoms with E-state index in [-0.39, 0.29) is 18.9 Å². The summed E-state index contributed by atoms with van der Waals surface area (Å²) in [5.41, 5.74) is 0.966. The fourth-order valence-electron chi connectivity index (χ4n) is 1.94. The number of nitrogens with zero attached hydrogens (tertiary/aromatic N) is 1. The lowest BCUT2D eigenvalue weighted by molar-refractivity contribution is -0.143. The lowest BCUT2D eigenvalue weighted by Crippen LogP contribution is -2.38. The molecule has 1 rings (SSSR count). The van der Waals surface area contributed by atoms with Crippen LogP contribution in [-0.4, -0.2) is 44.1 Å². The number of rotatable bonds is 9. The highest BCUT2D eigenvalue weighted by Gasteiger charge is 2.24. The largest absolute Gasteiger partial charge is 0.465 e. The highest BCUT2D eigenvalue weighted by Crippen LogP contribution is 2.08. The van der Waals surface area contributed by atoms with E-state index in [1.165, 1.54) is 4.31 Å². The second-order valence-corrected chi connectivity index (χ2v) is 6.78. The first-order chi connectivity index (χ1) is 9.99. The van der Waals surface area contributed by atoms with E-state index in [1.807, 2.05) is 37.3 Å². The summed E-state index contributed by atoms with van der Waals surface area (Å²) in [7, 11) is -3.46. The maximum atomic E-state index is 12.4. The summed E-state index contributed by atoms with van der Waals surface area (Å²) >= 11 is 0. The van der Waals surface area contributed by atoms with Crippen molar-refractivity contribution < 1.29 is 17.9 Å². The Labute approximate surface area is 127 Å². The maximum absolute atomic E-state index is 12.4. The normalized spacial score (nSPS) is 11.6. The summed E-state index contributed by atoms with van der Waals surface area (Å²) < 4.78 is 30.8. The van der Waals surface area contributed by atoms with E-state index in [4.69, 9.17) is 4.74 Å². The van der Waals surface area contributed by atoms with Gasteiger partial charge in [0, 0.05) is 6.54 Å². The molecule has 0 aliphatic carbocycles. The fraction of sp³-hybridized carbons (Fsp3) is 0.533. The van der Waals surface area contributed by atoms with Gasteiger partial charge in [-0.25, -0.2) is 8.42 Å². The number of aryl methyl sites for hydroxylation is 1. The minimum atomic E-state index is -3.46. The zero-order chi connectivity index (χ0) is 15.7. The van der Waals surface area contributed by atoms with E-state index >= 15 is 0 Å². The van der Waals surface area contributed by atoms with Crippen molar-refractivity contribution in [1.29, 1.82) is 0 Å². The van der Waals surface area contributed by atoms with Crippen molar-refractivity contribution in [2.75, 3.05) is 25.4 Å². The van der Waals surface area contributed by atoms with Crippen LogP contribution in [0, 0.1) is 0 Å². The molecule has 0 saturated heterocycles. The molecule has 0 unspecified atom stereocenters. The molecule has 0 amide bonds. The summed E-state index contributed by atoms with van der Waals surface area (Å²) in [6, 6.07) is 9.44. The Morgan fingerprint density at radius 2 is 1.86 bits per heavy atom. The Morgan fingerprint density at radius 3 is 2.43 bits per heavy atom. The topological polar surface area (TPSA) is 63.7 Å². The smallest absolute Gasteiger partial charge is 0.321 e. The molecule has 0 bridgehead atoms. The standard InChI is InChI=1S/C15H23NO4S/c1-3-11-16(13-15(17)20-4-2)21(18,19)12-10-14-8-6-5-7-9-14/h5-9H,3-4,10-13H2,1-2H3. The zero-order valence-corrected chi connectivity index (χ0v) is 13.4. The van der Waals surface area contributed by atoms with Gasteiger partial charge in [-0.2, -0.15) is 4.31 Å². The maximum Gasteiger partial charge on any atom is 0.321 e. The van der Waals surface area contributed by atoms with E-state index in [9.17, 15) is 13.2 Å². The summed E-state index contributed by atoms with van der Waals surface area (Å²) in [5, 5.41) is 0. The number of hydrogen-bond acceptors (Lipinski definition) is 4. The molecule has 0 aliphatic rings. The van der Waals surface area contributed by atoms with Gasteiger partial charge in [0.25, 0.3) is 0 Å². The van der Waals surface area contributed by atoms with Crippen LogP contribution in [0.1, 0.15) is 25.8 Å². The molecule has 1 aromatic carbocycles. The molecular formula is C15H23NO4S. The first-order valence-corrected chi connectivity index (χ1v) is 8.78. The van der Waals surface area contributed by atoms with Gasteiger partial charge in [-0.05, 0) is 25.3 Å². The predicted octanol–water partition coefficient (Wildman–Crippen LogP) is 1.83. The first kappa shape index (κ1) is 17.7. The monoisotopic (exact) mass is 313 g/mol. The van der Waals surface area contributed by atoms with Gasteiger partial charge in [-0.1, -0.05) is 37.3 Å². The number of esters is 1. The molecule has 0 aromatic heterocycles. The molecule has 1 aromatic rings. The minimum Gasteiger partial charge on any atom is -0.465 e. The molecule has 0 radical (unpaired) electrons. The number of carbonyl (C=O) groups excluding carboxylic acids is 1. The van der Waals surface area contributed by atoms with E-state index in [1.54, 1.807) is 6.92 Å². The van der Waals surface area contributed by atoms with Gasteiger partial charge >= 0.3 is 5.97 Å². The van der Waals surface area contributed by atoms with E-state index in [0.717, 1.165) is 5.56 Å². The fourth-order valence-corrected chi connectivity index (χ4v) is 3.45. The van der Waals surface area contributed by atoms with Crippen LogP contribution < -0.4 is 0 Å². The van der Waals surface area contributed by atoms with Gasteiger partial charge in [0.1, 0.15) is 6.54 Å². The number of ether oxygens (including phenoxy) is 1. The Morgan fingerprint density at radius 1 is 1.19 bits per heavy atom. The third-order valence-electron chi connectivity index (χ3n) is 2.97. The van der Waals surface area contributed by atoms with Crippen molar-refractivity contribution in [2.24, 2.45) is 0 Å². The average Bonchev–Trinajstić information content (AvgIpc) is 2.46. The number of carbonyl (C=O) groups is 1. The Balaban J connectivity index is 2.68. The van der Waals surface area contributed by atoms with Gasteiger partial charge in [0.15, 0.2) is 0 Å². The van der Waals surface area contributed by atoms with Crippen molar-refractivity contribution in [3.8, 4) is 0 Å². The number of benzene rings is 1. The first-order valence-electron chi connectivity index (χ1n) is 7.17. The van der Waals surface area contributed by atoms with Crippen molar-refractivity contribution in [3.63, 3.8) is 0 Å². The molecule has 5 nitrogen and oxygen atoms in total. The Bertz CT molecular complexity index is 528. The Kier molecular flexibility index (Phi) is 7.39. The van der Waals surface area contributed by atoms with Crippen molar-refractivity contribution >= 4 is 16.0 Å². The molecule has 0 spiro atoms. The van der Waals surface area contributed by atoms with Crippen LogP contribution in [0.4, 0.5) is 0 Å². The van der Waals surface area contributed by atoms with Crippen LogP contribution in [-0.2, 0) is 26.0 Å². The van der Waals surface area contributed by atoms with Gasteiger partial charge in [-0.15, -0.1) is 0 Å². The molecule has 0 saturated carbocycles. The lowest BCUT2D eigenvalue weighted by Gasteiger charge is -2.20. The molecule has 21 heavy (non-hydrogen) atoms. The van der Waals surface area contributed by atoms with Gasteiger partial charge < -0.3 is 4.74 Å². The molecule has 6 heteroatoms. The summed E-state index contributed by atoms with van der Waals surface area (Å²) in [5.74, 6) is -0.509. The van der Waals surface area contributed by atoms with Crippen LogP contribution >= 0.6 is 0 Å². The quantitative estimate of drug-likeness (QED) is 0.653. The Hall–Kier alpha value is -1.40. The van der Waals surface area contributed by atoms with Crippen molar-refractivity contribution in [2.45, 2.75) is 26.7 Å². The molecule has 0 aliphatic heterocycles. The zero-order valence-electron chi connectivity index (χ0n) is 12.6. The SMILES string of the molecule is CCCN(CC(=O)OCC)S(=O)(=O)CCc1ccccc1. The van der Waals surface area contributed by atoms with Crippen LogP contribution in [0.25, 0.3) is 0 Å². The van der Waals surface area contributed by atoms with Crippen molar-refractivity contribution in [3.05, 3.63) is 35.9 Å². The highest BCUT2D eigenvalue weighted by atomic mass is 32.2. The minimum absolute atomic E-state index is 0.00355. The molecule has 118 valence electrons. The molecular weight excluding hydrogens is 290 g/mol. The summed E-state index contributed by atoms with van der Waals surface area (Å²) in [6.07, 6.45) is 1.09.